The number of aromatic amines is 1. The second-order valence-corrected chi connectivity index (χ2v) is 5.28. The van der Waals surface area contributed by atoms with E-state index in [9.17, 15) is 14.4 Å². The van der Waals surface area contributed by atoms with E-state index in [2.05, 4.69) is 4.98 Å². The number of carboxylic acids is 1. The molecule has 0 spiro atoms. The zero-order valence-electron chi connectivity index (χ0n) is 10.9. The number of nitrogens with one attached hydrogen (secondary N) is 1. The molecule has 1 aromatic heterocycles. The minimum atomic E-state index is -1.07. The Bertz CT molecular complexity index is 763. The number of carboxylic acid groups (broad SMARTS) is 1. The van der Waals surface area contributed by atoms with Crippen LogP contribution in [0.5, 0.6) is 0 Å². The Morgan fingerprint density at radius 2 is 2.15 bits per heavy atom. The maximum Gasteiger partial charge on any atom is 0.335 e. The van der Waals surface area contributed by atoms with Gasteiger partial charge < -0.3 is 14.7 Å². The molecule has 0 saturated carbocycles. The Morgan fingerprint density at radius 1 is 1.40 bits per heavy atom. The van der Waals surface area contributed by atoms with Crippen LogP contribution in [0.4, 0.5) is 0 Å². The lowest BCUT2D eigenvalue weighted by Crippen LogP contribution is -2.36. The Hall–Kier alpha value is -2.02. The van der Waals surface area contributed by atoms with E-state index in [0.717, 1.165) is 12.2 Å². The van der Waals surface area contributed by atoms with Crippen molar-refractivity contribution in [1.82, 2.24) is 9.55 Å². The summed E-state index contributed by atoms with van der Waals surface area (Å²) in [5, 5.41) is 9.01. The number of rotatable bonds is 5. The van der Waals surface area contributed by atoms with Crippen LogP contribution < -0.4 is 11.1 Å². The summed E-state index contributed by atoms with van der Waals surface area (Å²) in [5.74, 6) is -0.208. The third kappa shape index (κ3) is 2.77. The molecule has 6 nitrogen and oxygen atoms in total. The molecule has 1 heterocycles. The van der Waals surface area contributed by atoms with Crippen LogP contribution in [-0.2, 0) is 6.54 Å². The number of fused-ring (bicyclic) bond motifs is 1. The number of hydrogen-bond acceptors (Lipinski definition) is 4. The van der Waals surface area contributed by atoms with Crippen LogP contribution in [0.3, 0.4) is 0 Å². The van der Waals surface area contributed by atoms with Gasteiger partial charge in [0.05, 0.1) is 16.6 Å². The molecule has 0 fully saturated rings. The van der Waals surface area contributed by atoms with E-state index in [0.29, 0.717) is 17.6 Å². The van der Waals surface area contributed by atoms with Crippen molar-refractivity contribution in [2.45, 2.75) is 13.0 Å². The number of nitrogens with zero attached hydrogens (tertiary/aromatic N) is 1. The molecule has 0 atom stereocenters. The first-order valence-electron chi connectivity index (χ1n) is 6.03. The van der Waals surface area contributed by atoms with Gasteiger partial charge in [-0.05, 0) is 36.6 Å². The van der Waals surface area contributed by atoms with Crippen LogP contribution in [0.25, 0.3) is 11.0 Å². The maximum atomic E-state index is 11.9. The van der Waals surface area contributed by atoms with Crippen LogP contribution in [-0.4, -0.2) is 32.6 Å². The van der Waals surface area contributed by atoms with Gasteiger partial charge in [-0.25, -0.2) is 4.79 Å². The van der Waals surface area contributed by atoms with Gasteiger partial charge >= 0.3 is 17.1 Å². The van der Waals surface area contributed by atoms with E-state index in [1.54, 1.807) is 11.8 Å². The van der Waals surface area contributed by atoms with Crippen molar-refractivity contribution in [2.24, 2.45) is 0 Å². The van der Waals surface area contributed by atoms with Crippen molar-refractivity contribution >= 4 is 28.8 Å². The van der Waals surface area contributed by atoms with Gasteiger partial charge in [0.2, 0.25) is 0 Å². The molecule has 0 bridgehead atoms. The van der Waals surface area contributed by atoms with Gasteiger partial charge in [-0.2, -0.15) is 11.8 Å². The average molecular weight is 294 g/mol. The van der Waals surface area contributed by atoms with Gasteiger partial charge in [0, 0.05) is 6.54 Å². The van der Waals surface area contributed by atoms with E-state index >= 15 is 0 Å². The molecule has 2 N–H and O–H groups in total. The van der Waals surface area contributed by atoms with Crippen LogP contribution in [0, 0.1) is 0 Å². The number of aromatic nitrogens is 2. The number of hydrogen-bond donors (Lipinski definition) is 2. The molecule has 0 aliphatic rings. The van der Waals surface area contributed by atoms with Gasteiger partial charge in [0.25, 0.3) is 0 Å². The second-order valence-electron chi connectivity index (χ2n) is 4.29. The van der Waals surface area contributed by atoms with Crippen LogP contribution in [0.15, 0.2) is 27.8 Å². The molecule has 0 unspecified atom stereocenters. The van der Waals surface area contributed by atoms with Gasteiger partial charge in [-0.15, -0.1) is 0 Å². The van der Waals surface area contributed by atoms with Crippen molar-refractivity contribution in [2.75, 3.05) is 12.0 Å². The molecule has 0 saturated heterocycles. The highest BCUT2D eigenvalue weighted by atomic mass is 32.2. The molecular weight excluding hydrogens is 280 g/mol. The fraction of sp³-hybridized carbons (Fsp3) is 0.308. The quantitative estimate of drug-likeness (QED) is 0.637. The molecule has 2 rings (SSSR count). The lowest BCUT2D eigenvalue weighted by Gasteiger charge is -2.09. The number of aromatic carboxylic acids is 1. The SMILES string of the molecule is CSCCCn1c(=O)c(=O)[nH]c2ccc(C(=O)O)cc21. The minimum Gasteiger partial charge on any atom is -0.478 e. The normalized spacial score (nSPS) is 10.8. The van der Waals surface area contributed by atoms with Crippen LogP contribution >= 0.6 is 11.8 Å². The molecule has 0 aliphatic heterocycles. The van der Waals surface area contributed by atoms with Gasteiger partial charge in [-0.1, -0.05) is 0 Å². The Kier molecular flexibility index (Phi) is 4.29. The largest absolute Gasteiger partial charge is 0.478 e. The molecule has 20 heavy (non-hydrogen) atoms. The summed E-state index contributed by atoms with van der Waals surface area (Å²) in [4.78, 5) is 37.0. The average Bonchev–Trinajstić information content (AvgIpc) is 2.42. The predicted molar refractivity (Wildman–Crippen MR) is 78.8 cm³/mol. The summed E-state index contributed by atoms with van der Waals surface area (Å²) in [6.07, 6.45) is 2.69. The van der Waals surface area contributed by atoms with Crippen LogP contribution in [0.2, 0.25) is 0 Å². The topological polar surface area (TPSA) is 92.2 Å². The second kappa shape index (κ2) is 5.96. The first-order valence-corrected chi connectivity index (χ1v) is 7.43. The summed E-state index contributed by atoms with van der Waals surface area (Å²) >= 11 is 1.65. The zero-order chi connectivity index (χ0) is 14.7. The summed E-state index contributed by atoms with van der Waals surface area (Å²) in [7, 11) is 0. The Morgan fingerprint density at radius 3 is 2.80 bits per heavy atom. The highest BCUT2D eigenvalue weighted by Crippen LogP contribution is 2.12. The van der Waals surface area contributed by atoms with E-state index < -0.39 is 17.1 Å². The Labute approximate surface area is 118 Å². The van der Waals surface area contributed by atoms with Crippen molar-refractivity contribution < 1.29 is 9.90 Å². The Balaban J connectivity index is 2.63. The highest BCUT2D eigenvalue weighted by Gasteiger charge is 2.10. The van der Waals surface area contributed by atoms with Crippen molar-refractivity contribution in [3.05, 3.63) is 44.5 Å². The number of aryl methyl sites for hydroxylation is 1. The lowest BCUT2D eigenvalue weighted by atomic mass is 10.2. The third-order valence-electron chi connectivity index (χ3n) is 2.95. The van der Waals surface area contributed by atoms with Crippen LogP contribution in [0.1, 0.15) is 16.8 Å². The summed E-state index contributed by atoms with van der Waals surface area (Å²) in [6.45, 7) is 0.392. The van der Waals surface area contributed by atoms with Crippen molar-refractivity contribution in [3.8, 4) is 0 Å². The zero-order valence-corrected chi connectivity index (χ0v) is 11.7. The fourth-order valence-electron chi connectivity index (χ4n) is 1.99. The van der Waals surface area contributed by atoms with Crippen molar-refractivity contribution in [3.63, 3.8) is 0 Å². The summed E-state index contributed by atoms with van der Waals surface area (Å²) < 4.78 is 1.34. The smallest absolute Gasteiger partial charge is 0.335 e. The number of benzene rings is 1. The summed E-state index contributed by atoms with van der Waals surface area (Å²) in [5.41, 5.74) is -0.354. The first kappa shape index (κ1) is 14.4. The van der Waals surface area contributed by atoms with E-state index in [-0.39, 0.29) is 5.56 Å². The molecule has 0 aliphatic carbocycles. The first-order chi connectivity index (χ1) is 9.54. The molecule has 7 heteroatoms. The number of carbonyl (C=O) groups is 1. The monoisotopic (exact) mass is 294 g/mol. The molecule has 0 amide bonds. The number of thioether (sulfide) groups is 1. The van der Waals surface area contributed by atoms with E-state index in [1.807, 2.05) is 6.26 Å². The number of H-pyrrole nitrogens is 1. The molecule has 1 aromatic carbocycles. The minimum absolute atomic E-state index is 0.0857. The van der Waals surface area contributed by atoms with Gasteiger partial charge in [-0.3, -0.25) is 9.59 Å². The predicted octanol–water partition coefficient (Wildman–Crippen LogP) is 1.14. The maximum absolute atomic E-state index is 11.9. The van der Waals surface area contributed by atoms with Gasteiger partial charge in [0.1, 0.15) is 0 Å². The lowest BCUT2D eigenvalue weighted by molar-refractivity contribution is 0.0697. The highest BCUT2D eigenvalue weighted by molar-refractivity contribution is 7.98. The van der Waals surface area contributed by atoms with Crippen molar-refractivity contribution in [1.29, 1.82) is 0 Å². The fourth-order valence-corrected chi connectivity index (χ4v) is 2.41. The van der Waals surface area contributed by atoms with E-state index in [1.165, 1.54) is 22.8 Å². The molecular formula is C13H14N2O4S. The van der Waals surface area contributed by atoms with E-state index in [4.69, 9.17) is 5.11 Å². The standard InChI is InChI=1S/C13H14N2O4S/c1-20-6-2-5-15-10-7-8(13(18)19)3-4-9(10)14-11(16)12(15)17/h3-4,7H,2,5-6H2,1H3,(H,14,16)(H,18,19). The molecule has 106 valence electrons. The van der Waals surface area contributed by atoms with Gasteiger partial charge in [0.15, 0.2) is 0 Å². The molecule has 0 radical (unpaired) electrons. The summed E-state index contributed by atoms with van der Waals surface area (Å²) in [6, 6.07) is 4.32. The molecule has 2 aromatic rings. The third-order valence-corrected chi connectivity index (χ3v) is 3.65.